The lowest BCUT2D eigenvalue weighted by atomic mass is 10.3. The van der Waals surface area contributed by atoms with Crippen molar-refractivity contribution < 1.29 is 14.6 Å². The molecule has 0 heterocycles. The van der Waals surface area contributed by atoms with E-state index in [0.29, 0.717) is 12.0 Å². The van der Waals surface area contributed by atoms with Crippen molar-refractivity contribution in [3.63, 3.8) is 0 Å². The number of hydrogen-bond donors (Lipinski definition) is 2. The van der Waals surface area contributed by atoms with Gasteiger partial charge >= 0.3 is 5.97 Å². The van der Waals surface area contributed by atoms with Crippen molar-refractivity contribution in [2.75, 3.05) is 13.7 Å². The number of nitrogens with one attached hydrogen (secondary N) is 1. The number of carboxylic acid groups (broad SMARTS) is 1. The van der Waals surface area contributed by atoms with Gasteiger partial charge in [-0.25, -0.2) is 0 Å². The fourth-order valence-electron chi connectivity index (χ4n) is 1.52. The normalized spacial score (nSPS) is 28.5. The summed E-state index contributed by atoms with van der Waals surface area (Å²) in [6, 6.07) is -0.159. The van der Waals surface area contributed by atoms with Crippen LogP contribution in [0, 0.1) is 5.92 Å². The molecule has 1 aliphatic rings. The van der Waals surface area contributed by atoms with Crippen LogP contribution in [0.2, 0.25) is 0 Å². The summed E-state index contributed by atoms with van der Waals surface area (Å²) in [4.78, 5) is 10.7. The van der Waals surface area contributed by atoms with E-state index in [1.54, 1.807) is 0 Å². The van der Waals surface area contributed by atoms with Gasteiger partial charge in [0.15, 0.2) is 0 Å². The Morgan fingerprint density at radius 3 is 2.85 bits per heavy atom. The fraction of sp³-hybridized carbons (Fsp3) is 0.889. The molecule has 76 valence electrons. The molecule has 1 rings (SSSR count). The van der Waals surface area contributed by atoms with E-state index in [1.807, 2.05) is 0 Å². The SMILES string of the molecule is CCC1CC1NC(COC)C(=O)O. The van der Waals surface area contributed by atoms with Gasteiger partial charge in [0.05, 0.1) is 6.61 Å². The summed E-state index contributed by atoms with van der Waals surface area (Å²) >= 11 is 0. The van der Waals surface area contributed by atoms with E-state index in [1.165, 1.54) is 7.11 Å². The summed E-state index contributed by atoms with van der Waals surface area (Å²) in [5.74, 6) is -0.165. The molecule has 0 saturated heterocycles. The Morgan fingerprint density at radius 1 is 1.77 bits per heavy atom. The molecule has 2 N–H and O–H groups in total. The number of hydrogen-bond acceptors (Lipinski definition) is 3. The molecule has 3 unspecified atom stereocenters. The van der Waals surface area contributed by atoms with Crippen molar-refractivity contribution in [1.29, 1.82) is 0 Å². The zero-order valence-electron chi connectivity index (χ0n) is 8.12. The van der Waals surface area contributed by atoms with Gasteiger partial charge < -0.3 is 9.84 Å². The fourth-order valence-corrected chi connectivity index (χ4v) is 1.52. The molecule has 0 radical (unpaired) electrons. The van der Waals surface area contributed by atoms with Gasteiger partial charge in [0, 0.05) is 13.2 Å². The van der Waals surface area contributed by atoms with Gasteiger partial charge in [-0.05, 0) is 12.3 Å². The highest BCUT2D eigenvalue weighted by atomic mass is 16.5. The monoisotopic (exact) mass is 187 g/mol. The van der Waals surface area contributed by atoms with Crippen molar-refractivity contribution >= 4 is 5.97 Å². The van der Waals surface area contributed by atoms with Gasteiger partial charge in [-0.15, -0.1) is 0 Å². The number of aliphatic carboxylic acids is 1. The van der Waals surface area contributed by atoms with Crippen LogP contribution in [0.25, 0.3) is 0 Å². The van der Waals surface area contributed by atoms with E-state index in [-0.39, 0.29) is 6.61 Å². The molecule has 1 saturated carbocycles. The van der Waals surface area contributed by atoms with Gasteiger partial charge in [0.2, 0.25) is 0 Å². The highest BCUT2D eigenvalue weighted by molar-refractivity contribution is 5.73. The molecule has 3 atom stereocenters. The molecular weight excluding hydrogens is 170 g/mol. The number of carboxylic acids is 1. The third-order valence-corrected chi connectivity index (χ3v) is 2.49. The van der Waals surface area contributed by atoms with Crippen molar-refractivity contribution in [2.45, 2.75) is 31.8 Å². The van der Waals surface area contributed by atoms with Crippen molar-refractivity contribution in [1.82, 2.24) is 5.32 Å². The maximum atomic E-state index is 10.7. The lowest BCUT2D eigenvalue weighted by molar-refractivity contribution is -0.140. The zero-order valence-corrected chi connectivity index (χ0v) is 8.12. The first-order valence-corrected chi connectivity index (χ1v) is 4.66. The third kappa shape index (κ3) is 2.97. The van der Waals surface area contributed by atoms with Crippen LogP contribution in [0.1, 0.15) is 19.8 Å². The predicted molar refractivity (Wildman–Crippen MR) is 48.6 cm³/mol. The topological polar surface area (TPSA) is 58.6 Å². The molecule has 0 bridgehead atoms. The molecule has 0 aromatic rings. The Labute approximate surface area is 78.3 Å². The van der Waals surface area contributed by atoms with Crippen LogP contribution in [0.4, 0.5) is 0 Å². The average molecular weight is 187 g/mol. The molecule has 0 amide bonds. The standard InChI is InChI=1S/C9H17NO3/c1-3-6-4-7(6)10-8(5-13-2)9(11)12/h6-8,10H,3-5H2,1-2H3,(H,11,12). The first-order valence-electron chi connectivity index (χ1n) is 4.66. The van der Waals surface area contributed by atoms with E-state index in [2.05, 4.69) is 12.2 Å². The largest absolute Gasteiger partial charge is 0.480 e. The quantitative estimate of drug-likeness (QED) is 0.634. The van der Waals surface area contributed by atoms with Crippen molar-refractivity contribution in [3.8, 4) is 0 Å². The first-order chi connectivity index (χ1) is 6.19. The van der Waals surface area contributed by atoms with Gasteiger partial charge in [-0.3, -0.25) is 10.1 Å². The third-order valence-electron chi connectivity index (χ3n) is 2.49. The Hall–Kier alpha value is -0.610. The smallest absolute Gasteiger partial charge is 0.323 e. The van der Waals surface area contributed by atoms with Crippen LogP contribution in [0.15, 0.2) is 0 Å². The number of carbonyl (C=O) groups is 1. The molecule has 1 aliphatic carbocycles. The number of ether oxygens (including phenoxy) is 1. The van der Waals surface area contributed by atoms with E-state index >= 15 is 0 Å². The summed E-state index contributed by atoms with van der Waals surface area (Å²) in [5, 5.41) is 11.9. The van der Waals surface area contributed by atoms with Crippen LogP contribution in [-0.4, -0.2) is 36.9 Å². The number of methoxy groups -OCH3 is 1. The minimum atomic E-state index is -0.830. The van der Waals surface area contributed by atoms with Gasteiger partial charge in [0.25, 0.3) is 0 Å². The maximum absolute atomic E-state index is 10.7. The molecule has 0 aliphatic heterocycles. The summed E-state index contributed by atoms with van der Waals surface area (Å²) in [6.07, 6.45) is 2.22. The van der Waals surface area contributed by atoms with Crippen LogP contribution in [0.3, 0.4) is 0 Å². The number of rotatable bonds is 6. The van der Waals surface area contributed by atoms with Gasteiger partial charge in [0.1, 0.15) is 6.04 Å². The Kier molecular flexibility index (Phi) is 3.69. The van der Waals surface area contributed by atoms with E-state index in [0.717, 1.165) is 12.8 Å². The summed E-state index contributed by atoms with van der Waals surface area (Å²) in [7, 11) is 1.52. The second kappa shape index (κ2) is 4.58. The average Bonchev–Trinajstić information content (AvgIpc) is 2.82. The maximum Gasteiger partial charge on any atom is 0.323 e. The summed E-state index contributed by atoms with van der Waals surface area (Å²) in [6.45, 7) is 2.36. The second-order valence-electron chi connectivity index (χ2n) is 3.52. The molecule has 4 nitrogen and oxygen atoms in total. The minimum Gasteiger partial charge on any atom is -0.480 e. The molecule has 0 spiro atoms. The van der Waals surface area contributed by atoms with Gasteiger partial charge in [-0.2, -0.15) is 0 Å². The predicted octanol–water partition coefficient (Wildman–Crippen LogP) is 0.474. The molecule has 0 aromatic carbocycles. The zero-order chi connectivity index (χ0) is 9.84. The lowest BCUT2D eigenvalue weighted by Gasteiger charge is -2.12. The van der Waals surface area contributed by atoms with Crippen LogP contribution in [-0.2, 0) is 9.53 Å². The highest BCUT2D eigenvalue weighted by Gasteiger charge is 2.37. The lowest BCUT2D eigenvalue weighted by Crippen LogP contribution is -2.42. The molecular formula is C9H17NO3. The van der Waals surface area contributed by atoms with E-state index in [4.69, 9.17) is 9.84 Å². The first kappa shape index (κ1) is 10.5. The molecule has 1 fully saturated rings. The molecule has 13 heavy (non-hydrogen) atoms. The van der Waals surface area contributed by atoms with Crippen LogP contribution in [0.5, 0.6) is 0 Å². The van der Waals surface area contributed by atoms with E-state index < -0.39 is 12.0 Å². The van der Waals surface area contributed by atoms with Crippen molar-refractivity contribution in [3.05, 3.63) is 0 Å². The molecule has 4 heteroatoms. The Bertz CT molecular complexity index is 184. The summed E-state index contributed by atoms with van der Waals surface area (Å²) in [5.41, 5.74) is 0. The molecule has 0 aromatic heterocycles. The Morgan fingerprint density at radius 2 is 2.46 bits per heavy atom. The highest BCUT2D eigenvalue weighted by Crippen LogP contribution is 2.33. The van der Waals surface area contributed by atoms with Crippen LogP contribution < -0.4 is 5.32 Å². The van der Waals surface area contributed by atoms with Crippen LogP contribution >= 0.6 is 0 Å². The Balaban J connectivity index is 2.27. The van der Waals surface area contributed by atoms with Gasteiger partial charge in [-0.1, -0.05) is 13.3 Å². The van der Waals surface area contributed by atoms with E-state index in [9.17, 15) is 4.79 Å². The van der Waals surface area contributed by atoms with Crippen molar-refractivity contribution in [2.24, 2.45) is 5.92 Å². The minimum absolute atomic E-state index is 0.238. The second-order valence-corrected chi connectivity index (χ2v) is 3.52. The summed E-state index contributed by atoms with van der Waals surface area (Å²) < 4.78 is 4.82.